The Hall–Kier alpha value is -0.120. The van der Waals surface area contributed by atoms with Gasteiger partial charge >= 0.3 is 0 Å². The molecule has 0 radical (unpaired) electrons. The number of nitrogens with two attached hydrogens (primary N) is 1. The summed E-state index contributed by atoms with van der Waals surface area (Å²) in [5.74, 6) is 1.97. The van der Waals surface area contributed by atoms with Gasteiger partial charge in [-0.2, -0.15) is 0 Å². The zero-order valence-corrected chi connectivity index (χ0v) is 11.5. The number of methoxy groups -OCH3 is 1. The molecule has 0 aromatic carbocycles. The van der Waals surface area contributed by atoms with Crippen molar-refractivity contribution in [3.05, 3.63) is 0 Å². The second-order valence-electron chi connectivity index (χ2n) is 6.04. The van der Waals surface area contributed by atoms with Gasteiger partial charge in [-0.1, -0.05) is 12.8 Å². The molecule has 0 bridgehead atoms. The van der Waals surface area contributed by atoms with Crippen molar-refractivity contribution in [3.8, 4) is 0 Å². The summed E-state index contributed by atoms with van der Waals surface area (Å²) in [5, 5.41) is 0. The Bertz CT molecular complexity index is 242. The molecule has 2 aliphatic carbocycles. The first-order valence-corrected chi connectivity index (χ1v) is 7.12. The Balaban J connectivity index is 1.96. The Morgan fingerprint density at radius 3 is 2.65 bits per heavy atom. The lowest BCUT2D eigenvalue weighted by atomic mass is 9.73. The van der Waals surface area contributed by atoms with Gasteiger partial charge in [0.15, 0.2) is 0 Å². The third kappa shape index (κ3) is 3.01. The topological polar surface area (TPSA) is 38.5 Å². The summed E-state index contributed by atoms with van der Waals surface area (Å²) in [6.07, 6.45) is 8.31. The van der Waals surface area contributed by atoms with E-state index in [0.717, 1.165) is 31.5 Å². The molecule has 17 heavy (non-hydrogen) atoms. The number of hydrogen-bond acceptors (Lipinski definition) is 3. The molecule has 0 aromatic rings. The zero-order valence-electron chi connectivity index (χ0n) is 11.5. The lowest BCUT2D eigenvalue weighted by molar-refractivity contribution is 0.0327. The van der Waals surface area contributed by atoms with Crippen LogP contribution in [0.5, 0.6) is 0 Å². The summed E-state index contributed by atoms with van der Waals surface area (Å²) in [6.45, 7) is 2.62. The minimum Gasteiger partial charge on any atom is -0.383 e. The van der Waals surface area contributed by atoms with Crippen LogP contribution in [-0.4, -0.2) is 44.3 Å². The minimum absolute atomic E-state index is 0.254. The van der Waals surface area contributed by atoms with Gasteiger partial charge < -0.3 is 10.5 Å². The van der Waals surface area contributed by atoms with Crippen molar-refractivity contribution in [1.82, 2.24) is 4.90 Å². The average molecular weight is 240 g/mol. The van der Waals surface area contributed by atoms with Crippen molar-refractivity contribution in [3.63, 3.8) is 0 Å². The zero-order chi connectivity index (χ0) is 12.3. The van der Waals surface area contributed by atoms with E-state index in [2.05, 4.69) is 11.9 Å². The quantitative estimate of drug-likeness (QED) is 0.770. The second kappa shape index (κ2) is 5.68. The smallest absolute Gasteiger partial charge is 0.0589 e. The van der Waals surface area contributed by atoms with Crippen molar-refractivity contribution in [1.29, 1.82) is 0 Å². The summed E-state index contributed by atoms with van der Waals surface area (Å²) >= 11 is 0. The maximum absolute atomic E-state index is 6.11. The number of ether oxygens (including phenoxy) is 1. The average Bonchev–Trinajstić information content (AvgIpc) is 3.20. The van der Waals surface area contributed by atoms with Crippen LogP contribution in [-0.2, 0) is 4.74 Å². The third-order valence-corrected chi connectivity index (χ3v) is 4.97. The van der Waals surface area contributed by atoms with Crippen molar-refractivity contribution < 1.29 is 4.74 Å². The molecule has 2 N–H and O–H groups in total. The van der Waals surface area contributed by atoms with E-state index < -0.39 is 0 Å². The van der Waals surface area contributed by atoms with Crippen LogP contribution in [0.1, 0.15) is 38.5 Å². The first-order valence-electron chi connectivity index (χ1n) is 7.12. The highest BCUT2D eigenvalue weighted by molar-refractivity contribution is 4.98. The lowest BCUT2D eigenvalue weighted by Gasteiger charge is -2.47. The molecule has 3 heteroatoms. The molecule has 0 amide bonds. The molecule has 3 nitrogen and oxygen atoms in total. The summed E-state index contributed by atoms with van der Waals surface area (Å²) < 4.78 is 5.20. The van der Waals surface area contributed by atoms with Crippen molar-refractivity contribution in [2.24, 2.45) is 17.6 Å². The van der Waals surface area contributed by atoms with Crippen molar-refractivity contribution in [2.45, 2.75) is 44.1 Å². The third-order valence-electron chi connectivity index (χ3n) is 4.97. The van der Waals surface area contributed by atoms with Gasteiger partial charge in [0, 0.05) is 25.7 Å². The molecule has 100 valence electrons. The molecule has 0 heterocycles. The molecule has 0 saturated heterocycles. The number of rotatable bonds is 6. The van der Waals surface area contributed by atoms with E-state index in [4.69, 9.17) is 10.5 Å². The predicted molar refractivity (Wildman–Crippen MR) is 71.0 cm³/mol. The normalized spacial score (nSPS) is 34.2. The van der Waals surface area contributed by atoms with Crippen LogP contribution in [0.2, 0.25) is 0 Å². The maximum atomic E-state index is 6.11. The van der Waals surface area contributed by atoms with E-state index in [0.29, 0.717) is 0 Å². The fraction of sp³-hybridized carbons (Fsp3) is 1.00. The van der Waals surface area contributed by atoms with Gasteiger partial charge in [0.25, 0.3) is 0 Å². The largest absolute Gasteiger partial charge is 0.383 e. The lowest BCUT2D eigenvalue weighted by Crippen LogP contribution is -2.55. The first kappa shape index (κ1) is 13.3. The Morgan fingerprint density at radius 2 is 2.06 bits per heavy atom. The van der Waals surface area contributed by atoms with Crippen molar-refractivity contribution in [2.75, 3.05) is 33.9 Å². The Kier molecular flexibility index (Phi) is 4.45. The summed E-state index contributed by atoms with van der Waals surface area (Å²) in [4.78, 5) is 2.46. The van der Waals surface area contributed by atoms with Gasteiger partial charge in [0.1, 0.15) is 0 Å². The molecule has 2 aliphatic rings. The van der Waals surface area contributed by atoms with Crippen LogP contribution >= 0.6 is 0 Å². The van der Waals surface area contributed by atoms with Gasteiger partial charge in [0.2, 0.25) is 0 Å². The van der Waals surface area contributed by atoms with E-state index in [1.54, 1.807) is 7.11 Å². The standard InChI is InChI=1S/C14H28N2O/c1-16(8-9-17-2)14(11-15)7-3-4-13(10-14)12-5-6-12/h12-13H,3-11,15H2,1-2H3. The molecule has 0 aromatic heterocycles. The van der Waals surface area contributed by atoms with Gasteiger partial charge in [-0.3, -0.25) is 4.90 Å². The van der Waals surface area contributed by atoms with E-state index in [1.807, 2.05) is 0 Å². The fourth-order valence-corrected chi connectivity index (χ4v) is 3.51. The molecule has 2 saturated carbocycles. The van der Waals surface area contributed by atoms with Crippen LogP contribution in [0, 0.1) is 11.8 Å². The SMILES string of the molecule is COCCN(C)C1(CN)CCCC(C2CC2)C1. The van der Waals surface area contributed by atoms with Crippen LogP contribution < -0.4 is 5.73 Å². The van der Waals surface area contributed by atoms with Crippen LogP contribution in [0.3, 0.4) is 0 Å². The van der Waals surface area contributed by atoms with Crippen LogP contribution in [0.15, 0.2) is 0 Å². The molecule has 0 spiro atoms. The summed E-state index contributed by atoms with van der Waals surface area (Å²) in [7, 11) is 4.00. The minimum atomic E-state index is 0.254. The van der Waals surface area contributed by atoms with Gasteiger partial charge in [-0.15, -0.1) is 0 Å². The van der Waals surface area contributed by atoms with E-state index in [1.165, 1.54) is 38.5 Å². The van der Waals surface area contributed by atoms with E-state index in [9.17, 15) is 0 Å². The van der Waals surface area contributed by atoms with Crippen molar-refractivity contribution >= 4 is 0 Å². The first-order chi connectivity index (χ1) is 8.22. The van der Waals surface area contributed by atoms with E-state index >= 15 is 0 Å². The molecule has 0 aliphatic heterocycles. The monoisotopic (exact) mass is 240 g/mol. The fourth-order valence-electron chi connectivity index (χ4n) is 3.51. The Labute approximate surface area is 106 Å². The summed E-state index contributed by atoms with van der Waals surface area (Å²) in [5.41, 5.74) is 6.37. The number of hydrogen-bond donors (Lipinski definition) is 1. The number of likely N-dealkylation sites (N-methyl/N-ethyl adjacent to an activating group) is 1. The molecular weight excluding hydrogens is 212 g/mol. The number of nitrogens with zero attached hydrogens (tertiary/aromatic N) is 1. The predicted octanol–water partition coefficient (Wildman–Crippen LogP) is 1.86. The van der Waals surface area contributed by atoms with Crippen LogP contribution in [0.25, 0.3) is 0 Å². The highest BCUT2D eigenvalue weighted by Crippen LogP contribution is 2.47. The highest BCUT2D eigenvalue weighted by atomic mass is 16.5. The Morgan fingerprint density at radius 1 is 1.29 bits per heavy atom. The van der Waals surface area contributed by atoms with Gasteiger partial charge in [0.05, 0.1) is 6.61 Å². The van der Waals surface area contributed by atoms with E-state index in [-0.39, 0.29) is 5.54 Å². The molecule has 2 atom stereocenters. The molecule has 2 unspecified atom stereocenters. The molecular formula is C14H28N2O. The second-order valence-corrected chi connectivity index (χ2v) is 6.04. The summed E-state index contributed by atoms with van der Waals surface area (Å²) in [6, 6.07) is 0. The molecule has 2 fully saturated rings. The maximum Gasteiger partial charge on any atom is 0.0589 e. The van der Waals surface area contributed by atoms with Crippen LogP contribution in [0.4, 0.5) is 0 Å². The molecule has 2 rings (SSSR count). The van der Waals surface area contributed by atoms with Gasteiger partial charge in [-0.05, 0) is 44.6 Å². The van der Waals surface area contributed by atoms with Gasteiger partial charge in [-0.25, -0.2) is 0 Å². The highest BCUT2D eigenvalue weighted by Gasteiger charge is 2.43.